The van der Waals surface area contributed by atoms with Gasteiger partial charge in [-0.1, -0.05) is 49.3 Å². The van der Waals surface area contributed by atoms with Crippen molar-refractivity contribution < 1.29 is 9.63 Å². The van der Waals surface area contributed by atoms with Gasteiger partial charge in [-0.15, -0.1) is 0 Å². The lowest BCUT2D eigenvalue weighted by Gasteiger charge is -2.04. The van der Waals surface area contributed by atoms with E-state index in [0.29, 0.717) is 17.3 Å². The zero-order valence-corrected chi connectivity index (χ0v) is 11.5. The molecule has 2 aromatic carbocycles. The predicted octanol–water partition coefficient (Wildman–Crippen LogP) is 4.11. The number of aromatic nitrogens is 2. The van der Waals surface area contributed by atoms with Crippen LogP contribution in [0.25, 0.3) is 22.2 Å². The third-order valence-corrected chi connectivity index (χ3v) is 3.63. The molecule has 3 rings (SSSR count). The summed E-state index contributed by atoms with van der Waals surface area (Å²) in [6, 6.07) is 11.4. The maximum absolute atomic E-state index is 10.4. The Kier molecular flexibility index (Phi) is 3.14. The molecule has 0 radical (unpaired) electrons. The average Bonchev–Trinajstić information content (AvgIpc) is 2.97. The molecular formula is C16H16N2O2. The van der Waals surface area contributed by atoms with E-state index < -0.39 is 0 Å². The van der Waals surface area contributed by atoms with Crippen LogP contribution < -0.4 is 0 Å². The molecule has 0 amide bonds. The van der Waals surface area contributed by atoms with Crippen LogP contribution in [0.2, 0.25) is 0 Å². The van der Waals surface area contributed by atoms with Crippen molar-refractivity contribution in [3.8, 4) is 17.2 Å². The van der Waals surface area contributed by atoms with E-state index >= 15 is 0 Å². The number of hydrogen-bond donors (Lipinski definition) is 1. The molecule has 1 heterocycles. The first-order valence-electron chi connectivity index (χ1n) is 6.75. The lowest BCUT2D eigenvalue weighted by molar-refractivity contribution is 0.413. The van der Waals surface area contributed by atoms with Crippen molar-refractivity contribution in [2.75, 3.05) is 0 Å². The third kappa shape index (κ3) is 2.03. The van der Waals surface area contributed by atoms with Crippen molar-refractivity contribution in [2.45, 2.75) is 26.2 Å². The molecule has 4 nitrogen and oxygen atoms in total. The van der Waals surface area contributed by atoms with Gasteiger partial charge in [0.2, 0.25) is 0 Å². The first kappa shape index (κ1) is 12.7. The van der Waals surface area contributed by atoms with Crippen LogP contribution in [0, 0.1) is 0 Å². The maximum Gasteiger partial charge on any atom is 0.261 e. The van der Waals surface area contributed by atoms with Crippen LogP contribution in [0.5, 0.6) is 5.75 Å². The molecule has 0 bridgehead atoms. The second-order valence-electron chi connectivity index (χ2n) is 4.95. The average molecular weight is 268 g/mol. The van der Waals surface area contributed by atoms with Crippen molar-refractivity contribution in [1.82, 2.24) is 10.1 Å². The summed E-state index contributed by atoms with van der Waals surface area (Å²) in [5.41, 5.74) is 0.575. The van der Waals surface area contributed by atoms with Crippen LogP contribution in [-0.2, 0) is 0 Å². The summed E-state index contributed by atoms with van der Waals surface area (Å²) < 4.78 is 5.28. The predicted molar refractivity (Wildman–Crippen MR) is 77.6 cm³/mol. The van der Waals surface area contributed by atoms with Gasteiger partial charge in [0.25, 0.3) is 5.89 Å². The van der Waals surface area contributed by atoms with E-state index in [2.05, 4.69) is 24.0 Å². The molecule has 1 unspecified atom stereocenters. The topological polar surface area (TPSA) is 59.2 Å². The summed E-state index contributed by atoms with van der Waals surface area (Å²) in [7, 11) is 0. The molecule has 0 saturated heterocycles. The maximum atomic E-state index is 10.4. The normalized spacial score (nSPS) is 12.7. The number of rotatable bonds is 3. The molecule has 4 heteroatoms. The second-order valence-corrected chi connectivity index (χ2v) is 4.95. The Bertz CT molecular complexity index is 749. The van der Waals surface area contributed by atoms with Gasteiger partial charge in [0.1, 0.15) is 5.75 Å². The van der Waals surface area contributed by atoms with E-state index in [1.54, 1.807) is 0 Å². The SMILES string of the molecule is CCC(C)c1noc(-c2ccc3ccccc3c2O)n1. The molecule has 0 aliphatic carbocycles. The van der Waals surface area contributed by atoms with Gasteiger partial charge in [-0.05, 0) is 17.9 Å². The van der Waals surface area contributed by atoms with Crippen LogP contribution in [0.15, 0.2) is 40.9 Å². The third-order valence-electron chi connectivity index (χ3n) is 3.63. The van der Waals surface area contributed by atoms with E-state index in [4.69, 9.17) is 4.52 Å². The van der Waals surface area contributed by atoms with Crippen molar-refractivity contribution in [1.29, 1.82) is 0 Å². The molecule has 0 aliphatic rings. The van der Waals surface area contributed by atoms with E-state index in [1.807, 2.05) is 36.4 Å². The van der Waals surface area contributed by atoms with Crippen LogP contribution in [-0.4, -0.2) is 15.2 Å². The minimum atomic E-state index is 0.183. The van der Waals surface area contributed by atoms with E-state index in [1.165, 1.54) is 0 Å². The van der Waals surface area contributed by atoms with Gasteiger partial charge in [-0.25, -0.2) is 0 Å². The highest BCUT2D eigenvalue weighted by Gasteiger charge is 2.17. The van der Waals surface area contributed by atoms with Crippen molar-refractivity contribution in [3.63, 3.8) is 0 Å². The summed E-state index contributed by atoms with van der Waals surface area (Å²) in [6.45, 7) is 4.13. The summed E-state index contributed by atoms with van der Waals surface area (Å²) in [4.78, 5) is 4.38. The fourth-order valence-corrected chi connectivity index (χ4v) is 2.15. The standard InChI is InChI=1S/C16H16N2O2/c1-3-10(2)15-17-16(20-18-15)13-9-8-11-6-4-5-7-12(11)14(13)19/h4-10,19H,3H2,1-2H3. The number of benzene rings is 2. The first-order chi connectivity index (χ1) is 9.70. The van der Waals surface area contributed by atoms with Crippen LogP contribution in [0.3, 0.4) is 0 Å². The second kappa shape index (κ2) is 4.96. The number of phenolic OH excluding ortho intramolecular Hbond substituents is 1. The number of nitrogens with zero attached hydrogens (tertiary/aromatic N) is 2. The minimum Gasteiger partial charge on any atom is -0.506 e. The van der Waals surface area contributed by atoms with Crippen LogP contribution in [0.1, 0.15) is 32.0 Å². The monoisotopic (exact) mass is 268 g/mol. The highest BCUT2D eigenvalue weighted by molar-refractivity contribution is 5.93. The highest BCUT2D eigenvalue weighted by atomic mass is 16.5. The van der Waals surface area contributed by atoms with E-state index in [9.17, 15) is 5.11 Å². The Hall–Kier alpha value is -2.36. The smallest absolute Gasteiger partial charge is 0.261 e. The molecule has 1 N–H and O–H groups in total. The zero-order valence-electron chi connectivity index (χ0n) is 11.5. The van der Waals surface area contributed by atoms with E-state index in [0.717, 1.165) is 17.2 Å². The number of phenols is 1. The van der Waals surface area contributed by atoms with E-state index in [-0.39, 0.29) is 11.7 Å². The molecule has 1 aromatic heterocycles. The Morgan fingerprint density at radius 3 is 2.80 bits per heavy atom. The highest BCUT2D eigenvalue weighted by Crippen LogP contribution is 2.35. The van der Waals surface area contributed by atoms with Gasteiger partial charge < -0.3 is 9.63 Å². The molecule has 102 valence electrons. The summed E-state index contributed by atoms with van der Waals surface area (Å²) in [5, 5.41) is 16.1. The minimum absolute atomic E-state index is 0.183. The zero-order chi connectivity index (χ0) is 14.1. The van der Waals surface area contributed by atoms with Gasteiger partial charge in [0, 0.05) is 11.3 Å². The Morgan fingerprint density at radius 1 is 1.20 bits per heavy atom. The van der Waals surface area contributed by atoms with Gasteiger partial charge in [0.15, 0.2) is 5.82 Å². The molecule has 0 spiro atoms. The molecule has 1 atom stereocenters. The summed E-state index contributed by atoms with van der Waals surface area (Å²) in [6.07, 6.45) is 0.947. The molecule has 0 saturated carbocycles. The molecule has 0 aliphatic heterocycles. The quantitative estimate of drug-likeness (QED) is 0.776. The Labute approximate surface area is 117 Å². The number of fused-ring (bicyclic) bond motifs is 1. The molecule has 0 fully saturated rings. The Balaban J connectivity index is 2.10. The van der Waals surface area contributed by atoms with Crippen molar-refractivity contribution >= 4 is 10.8 Å². The number of aromatic hydroxyl groups is 1. The fraction of sp³-hybridized carbons (Fsp3) is 0.250. The Morgan fingerprint density at radius 2 is 2.00 bits per heavy atom. The number of hydrogen-bond acceptors (Lipinski definition) is 4. The van der Waals surface area contributed by atoms with Gasteiger partial charge >= 0.3 is 0 Å². The van der Waals surface area contributed by atoms with Crippen molar-refractivity contribution in [2.24, 2.45) is 0 Å². The fourth-order valence-electron chi connectivity index (χ4n) is 2.15. The largest absolute Gasteiger partial charge is 0.506 e. The molecule has 3 aromatic rings. The lowest BCUT2D eigenvalue weighted by atomic mass is 10.1. The van der Waals surface area contributed by atoms with Gasteiger partial charge in [-0.2, -0.15) is 4.98 Å². The summed E-state index contributed by atoms with van der Waals surface area (Å²) in [5.74, 6) is 1.47. The summed E-state index contributed by atoms with van der Waals surface area (Å²) >= 11 is 0. The molecular weight excluding hydrogens is 252 g/mol. The van der Waals surface area contributed by atoms with Gasteiger partial charge in [0.05, 0.1) is 5.56 Å². The van der Waals surface area contributed by atoms with Crippen LogP contribution >= 0.6 is 0 Å². The van der Waals surface area contributed by atoms with Crippen molar-refractivity contribution in [3.05, 3.63) is 42.2 Å². The lowest BCUT2D eigenvalue weighted by Crippen LogP contribution is -1.93. The molecule has 20 heavy (non-hydrogen) atoms. The van der Waals surface area contributed by atoms with Crippen LogP contribution in [0.4, 0.5) is 0 Å². The first-order valence-corrected chi connectivity index (χ1v) is 6.75. The van der Waals surface area contributed by atoms with Gasteiger partial charge in [-0.3, -0.25) is 0 Å².